The van der Waals surface area contributed by atoms with Crippen LogP contribution in [0.3, 0.4) is 0 Å². The molecule has 1 aromatic rings. The summed E-state index contributed by atoms with van der Waals surface area (Å²) in [6, 6.07) is 6.78. The molecule has 3 nitrogen and oxygen atoms in total. The van der Waals surface area contributed by atoms with E-state index in [0.29, 0.717) is 0 Å². The van der Waals surface area contributed by atoms with Crippen LogP contribution in [0.5, 0.6) is 0 Å². The number of rotatable bonds is 4. The van der Waals surface area contributed by atoms with Gasteiger partial charge in [0.05, 0.1) is 6.04 Å². The highest BCUT2D eigenvalue weighted by molar-refractivity contribution is 5.80. The average molecular weight is 260 g/mol. The Bertz CT molecular complexity index is 456. The smallest absolute Gasteiger partial charge is 0.236 e. The summed E-state index contributed by atoms with van der Waals surface area (Å²) in [6.45, 7) is 4.01. The molecule has 0 saturated heterocycles. The minimum atomic E-state index is -0.170. The highest BCUT2D eigenvalue weighted by atomic mass is 16.2. The lowest BCUT2D eigenvalue weighted by Crippen LogP contribution is -2.41. The van der Waals surface area contributed by atoms with E-state index >= 15 is 0 Å². The molecule has 2 atom stereocenters. The first-order valence-electron chi connectivity index (χ1n) is 7.21. The van der Waals surface area contributed by atoms with Gasteiger partial charge in [0.1, 0.15) is 0 Å². The van der Waals surface area contributed by atoms with Gasteiger partial charge in [0.15, 0.2) is 0 Å². The lowest BCUT2D eigenvalue weighted by molar-refractivity contribution is -0.122. The van der Waals surface area contributed by atoms with Crippen molar-refractivity contribution < 1.29 is 4.79 Å². The van der Waals surface area contributed by atoms with Crippen molar-refractivity contribution in [1.82, 2.24) is 10.6 Å². The van der Waals surface area contributed by atoms with Crippen LogP contribution in [0, 0.1) is 0 Å². The van der Waals surface area contributed by atoms with Gasteiger partial charge in [-0.25, -0.2) is 0 Å². The van der Waals surface area contributed by atoms with Crippen LogP contribution in [-0.2, 0) is 17.6 Å². The van der Waals surface area contributed by atoms with E-state index in [1.165, 1.54) is 42.4 Å². The zero-order chi connectivity index (χ0) is 13.8. The maximum absolute atomic E-state index is 11.5. The Morgan fingerprint density at radius 1 is 1.16 bits per heavy atom. The van der Waals surface area contributed by atoms with Gasteiger partial charge in [0.25, 0.3) is 0 Å². The van der Waals surface area contributed by atoms with Crippen molar-refractivity contribution in [3.63, 3.8) is 0 Å². The molecule has 0 aromatic heterocycles. The van der Waals surface area contributed by atoms with Crippen LogP contribution in [-0.4, -0.2) is 19.0 Å². The van der Waals surface area contributed by atoms with Crippen molar-refractivity contribution >= 4 is 5.91 Å². The fourth-order valence-electron chi connectivity index (χ4n) is 2.79. The molecule has 0 radical (unpaired) electrons. The van der Waals surface area contributed by atoms with Gasteiger partial charge in [-0.2, -0.15) is 0 Å². The van der Waals surface area contributed by atoms with Crippen LogP contribution in [0.1, 0.15) is 49.4 Å². The molecule has 2 N–H and O–H groups in total. The van der Waals surface area contributed by atoms with Crippen molar-refractivity contribution in [1.29, 1.82) is 0 Å². The number of amides is 1. The maximum atomic E-state index is 11.5. The number of likely N-dealkylation sites (N-methyl/N-ethyl adjacent to an activating group) is 1. The van der Waals surface area contributed by atoms with Gasteiger partial charge in [-0.3, -0.25) is 10.1 Å². The Kier molecular flexibility index (Phi) is 4.59. The molecule has 19 heavy (non-hydrogen) atoms. The number of aryl methyl sites for hydroxylation is 2. The molecule has 1 aliphatic rings. The zero-order valence-electron chi connectivity index (χ0n) is 12.1. The van der Waals surface area contributed by atoms with E-state index in [0.717, 1.165) is 0 Å². The normalized spacial score (nSPS) is 17.4. The summed E-state index contributed by atoms with van der Waals surface area (Å²) < 4.78 is 0. The number of hydrogen-bond acceptors (Lipinski definition) is 2. The van der Waals surface area contributed by atoms with Gasteiger partial charge in [0, 0.05) is 13.1 Å². The van der Waals surface area contributed by atoms with Gasteiger partial charge in [0.2, 0.25) is 5.91 Å². The molecular formula is C16H24N2O. The average Bonchev–Trinajstić information content (AvgIpc) is 2.45. The molecule has 0 fully saturated rings. The molecule has 0 unspecified atom stereocenters. The summed E-state index contributed by atoms with van der Waals surface area (Å²) in [5.41, 5.74) is 4.27. The highest BCUT2D eigenvalue weighted by Crippen LogP contribution is 2.24. The van der Waals surface area contributed by atoms with Crippen molar-refractivity contribution in [2.75, 3.05) is 7.05 Å². The summed E-state index contributed by atoms with van der Waals surface area (Å²) in [6.07, 6.45) is 5.02. The molecule has 2 rings (SSSR count). The van der Waals surface area contributed by atoms with Crippen LogP contribution >= 0.6 is 0 Å². The molecule has 104 valence electrons. The van der Waals surface area contributed by atoms with Gasteiger partial charge in [-0.05, 0) is 56.2 Å². The second kappa shape index (κ2) is 6.20. The molecule has 0 spiro atoms. The fraction of sp³-hybridized carbons (Fsp3) is 0.562. The second-order valence-electron chi connectivity index (χ2n) is 5.46. The molecular weight excluding hydrogens is 236 g/mol. The van der Waals surface area contributed by atoms with E-state index in [9.17, 15) is 4.79 Å². The molecule has 1 aromatic carbocycles. The number of benzene rings is 1. The van der Waals surface area contributed by atoms with Crippen molar-refractivity contribution in [3.8, 4) is 0 Å². The number of carbonyl (C=O) groups is 1. The summed E-state index contributed by atoms with van der Waals surface area (Å²) in [5.74, 6) is 0.0322. The third-order valence-electron chi connectivity index (χ3n) is 4.01. The highest BCUT2D eigenvalue weighted by Gasteiger charge is 2.16. The predicted octanol–water partition coefficient (Wildman–Crippen LogP) is 2.35. The molecule has 0 saturated carbocycles. The molecule has 0 aliphatic heterocycles. The molecule has 0 heterocycles. The van der Waals surface area contributed by atoms with E-state index in [1.54, 1.807) is 7.05 Å². The molecule has 3 heteroatoms. The minimum Gasteiger partial charge on any atom is -0.358 e. The van der Waals surface area contributed by atoms with Crippen molar-refractivity contribution in [3.05, 3.63) is 34.9 Å². The number of nitrogens with one attached hydrogen (secondary N) is 2. The van der Waals surface area contributed by atoms with Gasteiger partial charge < -0.3 is 5.32 Å². The molecule has 1 aliphatic carbocycles. The Hall–Kier alpha value is -1.35. The van der Waals surface area contributed by atoms with Crippen molar-refractivity contribution in [2.45, 2.75) is 51.6 Å². The first kappa shape index (κ1) is 14.1. The third kappa shape index (κ3) is 3.35. The summed E-state index contributed by atoms with van der Waals surface area (Å²) in [7, 11) is 1.67. The van der Waals surface area contributed by atoms with Crippen LogP contribution in [0.25, 0.3) is 0 Å². The first-order valence-corrected chi connectivity index (χ1v) is 7.21. The lowest BCUT2D eigenvalue weighted by Gasteiger charge is -2.22. The maximum Gasteiger partial charge on any atom is 0.236 e. The number of hydrogen-bond donors (Lipinski definition) is 2. The zero-order valence-corrected chi connectivity index (χ0v) is 12.1. The minimum absolute atomic E-state index is 0.0322. The molecule has 1 amide bonds. The lowest BCUT2D eigenvalue weighted by atomic mass is 9.89. The number of fused-ring (bicyclic) bond motifs is 1. The number of carbonyl (C=O) groups excluding carboxylic acids is 1. The van der Waals surface area contributed by atoms with Gasteiger partial charge in [-0.1, -0.05) is 18.2 Å². The fourth-order valence-corrected chi connectivity index (χ4v) is 2.79. The monoisotopic (exact) mass is 260 g/mol. The quantitative estimate of drug-likeness (QED) is 0.872. The first-order chi connectivity index (χ1) is 9.11. The van der Waals surface area contributed by atoms with E-state index in [4.69, 9.17) is 0 Å². The summed E-state index contributed by atoms with van der Waals surface area (Å²) >= 11 is 0. The van der Waals surface area contributed by atoms with Crippen LogP contribution in [0.15, 0.2) is 18.2 Å². The van der Waals surface area contributed by atoms with Crippen LogP contribution < -0.4 is 10.6 Å². The van der Waals surface area contributed by atoms with E-state index < -0.39 is 0 Å². The summed E-state index contributed by atoms with van der Waals surface area (Å²) in [4.78, 5) is 11.5. The van der Waals surface area contributed by atoms with E-state index in [2.05, 4.69) is 35.8 Å². The van der Waals surface area contributed by atoms with Gasteiger partial charge in [-0.15, -0.1) is 0 Å². The van der Waals surface area contributed by atoms with E-state index in [-0.39, 0.29) is 18.0 Å². The Morgan fingerprint density at radius 2 is 1.84 bits per heavy atom. The Morgan fingerprint density at radius 3 is 2.53 bits per heavy atom. The Balaban J connectivity index is 2.07. The summed E-state index contributed by atoms with van der Waals surface area (Å²) in [5, 5.41) is 6.01. The predicted molar refractivity (Wildman–Crippen MR) is 78.2 cm³/mol. The van der Waals surface area contributed by atoms with Crippen molar-refractivity contribution in [2.24, 2.45) is 0 Å². The van der Waals surface area contributed by atoms with E-state index in [1.807, 2.05) is 6.92 Å². The van der Waals surface area contributed by atoms with Crippen LogP contribution in [0.2, 0.25) is 0 Å². The van der Waals surface area contributed by atoms with Gasteiger partial charge >= 0.3 is 0 Å². The second-order valence-corrected chi connectivity index (χ2v) is 5.46. The van der Waals surface area contributed by atoms with Crippen LogP contribution in [0.4, 0.5) is 0 Å². The standard InChI is InChI=1S/C16H24N2O/c1-11(18-12(2)16(19)17-3)14-9-8-13-6-4-5-7-15(13)10-14/h8-12,18H,4-7H2,1-3H3,(H,17,19)/t11-,12+/m1/s1. The molecule has 0 bridgehead atoms. The third-order valence-corrected chi connectivity index (χ3v) is 4.01. The Labute approximate surface area is 115 Å². The topological polar surface area (TPSA) is 41.1 Å². The largest absolute Gasteiger partial charge is 0.358 e. The SMILES string of the molecule is CNC(=O)[C@H](C)N[C@H](C)c1ccc2c(c1)CCCC2.